The number of nitrogens with zero attached hydrogens (tertiary/aromatic N) is 2. The van der Waals surface area contributed by atoms with E-state index in [1.807, 2.05) is 48.7 Å². The molecule has 2 aromatic heterocycles. The van der Waals surface area contributed by atoms with E-state index in [1.54, 1.807) is 7.11 Å². The summed E-state index contributed by atoms with van der Waals surface area (Å²) in [5, 5.41) is 3.07. The molecule has 5 heteroatoms. The summed E-state index contributed by atoms with van der Waals surface area (Å²) in [5.74, 6) is 0.889. The maximum Gasteiger partial charge on any atom is 0.223 e. The highest BCUT2D eigenvalue weighted by molar-refractivity contribution is 5.79. The van der Waals surface area contributed by atoms with Crippen LogP contribution in [0.4, 0.5) is 0 Å². The Bertz CT molecular complexity index is 916. The van der Waals surface area contributed by atoms with Gasteiger partial charge in [0.2, 0.25) is 5.91 Å². The molecular weight excluding hydrogens is 314 g/mol. The summed E-state index contributed by atoms with van der Waals surface area (Å²) in [6, 6.07) is 13.8. The van der Waals surface area contributed by atoms with Crippen molar-refractivity contribution in [3.63, 3.8) is 0 Å². The molecule has 1 N–H and O–H groups in total. The molecule has 1 aromatic carbocycles. The average Bonchev–Trinajstić information content (AvgIpc) is 3.04. The molecule has 25 heavy (non-hydrogen) atoms. The number of ether oxygens (including phenoxy) is 1. The third-order valence-corrected chi connectivity index (χ3v) is 4.90. The minimum Gasteiger partial charge on any atom is -0.496 e. The van der Waals surface area contributed by atoms with Crippen molar-refractivity contribution >= 4 is 11.6 Å². The normalized spacial score (nSPS) is 16.4. The van der Waals surface area contributed by atoms with Gasteiger partial charge in [-0.25, -0.2) is 4.98 Å². The van der Waals surface area contributed by atoms with E-state index in [-0.39, 0.29) is 11.8 Å². The van der Waals surface area contributed by atoms with Crippen LogP contribution >= 0.6 is 0 Å². The number of hydrogen-bond donors (Lipinski definition) is 1. The Balaban J connectivity index is 1.47. The van der Waals surface area contributed by atoms with Crippen LogP contribution < -0.4 is 10.1 Å². The zero-order chi connectivity index (χ0) is 17.2. The number of fused-ring (bicyclic) bond motifs is 3. The van der Waals surface area contributed by atoms with Crippen LogP contribution in [-0.2, 0) is 24.2 Å². The smallest absolute Gasteiger partial charge is 0.223 e. The van der Waals surface area contributed by atoms with Crippen molar-refractivity contribution in [2.45, 2.75) is 25.8 Å². The molecule has 3 aromatic rings. The largest absolute Gasteiger partial charge is 0.496 e. The van der Waals surface area contributed by atoms with E-state index in [1.165, 1.54) is 5.69 Å². The van der Waals surface area contributed by atoms with Crippen LogP contribution in [0.2, 0.25) is 0 Å². The van der Waals surface area contributed by atoms with Gasteiger partial charge in [-0.2, -0.15) is 0 Å². The molecule has 0 aliphatic heterocycles. The summed E-state index contributed by atoms with van der Waals surface area (Å²) in [6.45, 7) is 0.485. The number of imidazole rings is 1. The van der Waals surface area contributed by atoms with Crippen LogP contribution in [0.15, 0.2) is 48.7 Å². The van der Waals surface area contributed by atoms with Crippen molar-refractivity contribution in [2.24, 2.45) is 5.92 Å². The maximum atomic E-state index is 12.7. The van der Waals surface area contributed by atoms with Crippen molar-refractivity contribution in [3.05, 3.63) is 65.6 Å². The van der Waals surface area contributed by atoms with Gasteiger partial charge in [0.1, 0.15) is 11.4 Å². The Labute approximate surface area is 146 Å². The van der Waals surface area contributed by atoms with E-state index in [9.17, 15) is 4.79 Å². The topological polar surface area (TPSA) is 55.6 Å². The summed E-state index contributed by atoms with van der Waals surface area (Å²) in [6.07, 6.45) is 4.45. The fraction of sp³-hybridized carbons (Fsp3) is 0.300. The number of aromatic nitrogens is 2. The maximum absolute atomic E-state index is 12.7. The minimum absolute atomic E-state index is 0.0117. The van der Waals surface area contributed by atoms with Gasteiger partial charge < -0.3 is 14.5 Å². The number of para-hydroxylation sites is 1. The second kappa shape index (κ2) is 6.59. The quantitative estimate of drug-likeness (QED) is 0.798. The first-order valence-corrected chi connectivity index (χ1v) is 8.60. The molecular formula is C20H21N3O2. The molecule has 1 aliphatic carbocycles. The Morgan fingerprint density at radius 2 is 2.12 bits per heavy atom. The van der Waals surface area contributed by atoms with Crippen LogP contribution in [0.5, 0.6) is 5.75 Å². The second-order valence-corrected chi connectivity index (χ2v) is 6.40. The molecule has 128 valence electrons. The van der Waals surface area contributed by atoms with E-state index in [0.717, 1.165) is 41.9 Å². The van der Waals surface area contributed by atoms with Gasteiger partial charge in [-0.05, 0) is 31.0 Å². The van der Waals surface area contributed by atoms with E-state index in [0.29, 0.717) is 6.54 Å². The number of nitrogens with one attached hydrogen (secondary N) is 1. The SMILES string of the molecule is COc1ccccc1CNC(=O)C1CCc2nc3ccccn3c2C1. The van der Waals surface area contributed by atoms with Crippen LogP contribution in [0.1, 0.15) is 23.4 Å². The summed E-state index contributed by atoms with van der Waals surface area (Å²) in [4.78, 5) is 17.3. The number of rotatable bonds is 4. The lowest BCUT2D eigenvalue weighted by atomic mass is 9.89. The van der Waals surface area contributed by atoms with Crippen molar-refractivity contribution < 1.29 is 9.53 Å². The molecule has 1 aliphatic rings. The van der Waals surface area contributed by atoms with Crippen molar-refractivity contribution in [1.29, 1.82) is 0 Å². The van der Waals surface area contributed by atoms with Crippen molar-refractivity contribution in [3.8, 4) is 5.75 Å². The van der Waals surface area contributed by atoms with E-state index < -0.39 is 0 Å². The van der Waals surface area contributed by atoms with Gasteiger partial charge in [0.15, 0.2) is 0 Å². The predicted molar refractivity (Wildman–Crippen MR) is 95.5 cm³/mol. The number of methoxy groups -OCH3 is 1. The predicted octanol–water partition coefficient (Wildman–Crippen LogP) is 2.76. The summed E-state index contributed by atoms with van der Waals surface area (Å²) >= 11 is 0. The fourth-order valence-electron chi connectivity index (χ4n) is 3.56. The first-order chi connectivity index (χ1) is 12.3. The van der Waals surface area contributed by atoms with Crippen molar-refractivity contribution in [2.75, 3.05) is 7.11 Å². The first kappa shape index (κ1) is 15.7. The summed E-state index contributed by atoms with van der Waals surface area (Å²) in [5.41, 5.74) is 4.24. The Morgan fingerprint density at radius 1 is 1.28 bits per heavy atom. The molecule has 0 spiro atoms. The van der Waals surface area contributed by atoms with E-state index in [4.69, 9.17) is 4.74 Å². The number of pyridine rings is 1. The molecule has 2 heterocycles. The van der Waals surface area contributed by atoms with Crippen LogP contribution in [-0.4, -0.2) is 22.4 Å². The third kappa shape index (κ3) is 2.97. The third-order valence-electron chi connectivity index (χ3n) is 4.90. The highest BCUT2D eigenvalue weighted by Gasteiger charge is 2.27. The highest BCUT2D eigenvalue weighted by atomic mass is 16.5. The molecule has 0 fully saturated rings. The Morgan fingerprint density at radius 3 is 3.00 bits per heavy atom. The molecule has 0 saturated heterocycles. The van der Waals surface area contributed by atoms with Crippen LogP contribution in [0.25, 0.3) is 5.65 Å². The summed E-state index contributed by atoms with van der Waals surface area (Å²) in [7, 11) is 1.65. The van der Waals surface area contributed by atoms with Gasteiger partial charge >= 0.3 is 0 Å². The lowest BCUT2D eigenvalue weighted by Gasteiger charge is -2.21. The number of carbonyl (C=O) groups is 1. The lowest BCUT2D eigenvalue weighted by Crippen LogP contribution is -2.34. The van der Waals surface area contributed by atoms with Crippen LogP contribution in [0, 0.1) is 5.92 Å². The number of hydrogen-bond acceptors (Lipinski definition) is 3. The van der Waals surface area contributed by atoms with Gasteiger partial charge in [0, 0.05) is 36.3 Å². The number of benzene rings is 1. The van der Waals surface area contributed by atoms with Gasteiger partial charge in [-0.1, -0.05) is 24.3 Å². The van der Waals surface area contributed by atoms with Gasteiger partial charge in [-0.3, -0.25) is 4.79 Å². The van der Waals surface area contributed by atoms with Crippen LogP contribution in [0.3, 0.4) is 0 Å². The zero-order valence-corrected chi connectivity index (χ0v) is 14.2. The highest BCUT2D eigenvalue weighted by Crippen LogP contribution is 2.26. The van der Waals surface area contributed by atoms with Crippen molar-refractivity contribution in [1.82, 2.24) is 14.7 Å². The number of aryl methyl sites for hydroxylation is 1. The molecule has 0 saturated carbocycles. The molecule has 4 rings (SSSR count). The van der Waals surface area contributed by atoms with Gasteiger partial charge in [0.05, 0.1) is 12.8 Å². The Kier molecular flexibility index (Phi) is 4.14. The number of amides is 1. The number of carbonyl (C=O) groups excluding carboxylic acids is 1. The molecule has 1 amide bonds. The fourth-order valence-corrected chi connectivity index (χ4v) is 3.56. The lowest BCUT2D eigenvalue weighted by molar-refractivity contribution is -0.125. The van der Waals surface area contributed by atoms with E-state index >= 15 is 0 Å². The molecule has 0 bridgehead atoms. The molecule has 1 unspecified atom stereocenters. The molecule has 5 nitrogen and oxygen atoms in total. The standard InChI is InChI=1S/C20H21N3O2/c1-25-18-7-3-2-6-15(18)13-21-20(24)14-9-10-16-17(12-14)23-11-5-4-8-19(23)22-16/h2-8,11,14H,9-10,12-13H2,1H3,(H,21,24). The van der Waals surface area contributed by atoms with Gasteiger partial charge in [-0.15, -0.1) is 0 Å². The Hall–Kier alpha value is -2.82. The molecule has 1 atom stereocenters. The average molecular weight is 335 g/mol. The second-order valence-electron chi connectivity index (χ2n) is 6.40. The minimum atomic E-state index is -0.0117. The molecule has 0 radical (unpaired) electrons. The monoisotopic (exact) mass is 335 g/mol. The summed E-state index contributed by atoms with van der Waals surface area (Å²) < 4.78 is 7.45. The van der Waals surface area contributed by atoms with Gasteiger partial charge in [0.25, 0.3) is 0 Å². The zero-order valence-electron chi connectivity index (χ0n) is 14.2. The van der Waals surface area contributed by atoms with E-state index in [2.05, 4.69) is 14.7 Å². The first-order valence-electron chi connectivity index (χ1n) is 8.60.